The van der Waals surface area contributed by atoms with Gasteiger partial charge in [0, 0.05) is 20.1 Å². The molecule has 1 saturated heterocycles. The molecule has 10 heteroatoms. The van der Waals surface area contributed by atoms with Crippen LogP contribution in [0, 0.1) is 0 Å². The van der Waals surface area contributed by atoms with Gasteiger partial charge in [-0.15, -0.1) is 0 Å². The number of likely N-dealkylation sites (tertiary alicyclic amines) is 1. The average Bonchev–Trinajstić information content (AvgIpc) is 3.36. The first-order valence-electron chi connectivity index (χ1n) is 9.54. The number of fused-ring (bicyclic) bond motifs is 1. The lowest BCUT2D eigenvalue weighted by Crippen LogP contribution is -2.45. The molecule has 0 aliphatic carbocycles. The summed E-state index contributed by atoms with van der Waals surface area (Å²) in [6, 6.07) is 1.55. The van der Waals surface area contributed by atoms with Crippen LogP contribution in [0.1, 0.15) is 43.3 Å². The molecule has 4 N–H and O–H groups in total. The fourth-order valence-electron chi connectivity index (χ4n) is 4.11. The predicted molar refractivity (Wildman–Crippen MR) is 108 cm³/mol. The molecule has 1 fully saturated rings. The largest absolute Gasteiger partial charge is 0.384 e. The number of carbonyl (C=O) groups is 1. The topological polar surface area (TPSA) is 125 Å². The molecule has 29 heavy (non-hydrogen) atoms. The molecule has 0 aromatic carbocycles. The molecule has 4 rings (SSSR count). The van der Waals surface area contributed by atoms with Gasteiger partial charge in [-0.05, 0) is 32.4 Å². The number of anilines is 2. The molecule has 2 aliphatic rings. The van der Waals surface area contributed by atoms with Gasteiger partial charge in [-0.3, -0.25) is 14.5 Å². The smallest absolute Gasteiger partial charge is 0.246 e. The Balaban J connectivity index is 1.69. The third kappa shape index (κ3) is 3.23. The van der Waals surface area contributed by atoms with Crippen LogP contribution in [0.15, 0.2) is 25.0 Å². The highest BCUT2D eigenvalue weighted by atomic mass is 16.3. The summed E-state index contributed by atoms with van der Waals surface area (Å²) in [5, 5.41) is 17.0. The van der Waals surface area contributed by atoms with Crippen LogP contribution in [0.25, 0.3) is 0 Å². The summed E-state index contributed by atoms with van der Waals surface area (Å²) >= 11 is 0. The zero-order valence-corrected chi connectivity index (χ0v) is 16.8. The minimum absolute atomic E-state index is 0.0365. The van der Waals surface area contributed by atoms with Gasteiger partial charge in [0.05, 0.1) is 23.0 Å². The van der Waals surface area contributed by atoms with E-state index in [-0.39, 0.29) is 18.0 Å². The fraction of sp³-hybridized carbons (Fsp3) is 0.474. The normalized spacial score (nSPS) is 21.5. The van der Waals surface area contributed by atoms with Crippen molar-refractivity contribution < 1.29 is 9.90 Å². The highest BCUT2D eigenvalue weighted by molar-refractivity contribution is 5.87. The van der Waals surface area contributed by atoms with Crippen molar-refractivity contribution in [3.63, 3.8) is 0 Å². The number of amides is 1. The van der Waals surface area contributed by atoms with Gasteiger partial charge < -0.3 is 15.7 Å². The minimum atomic E-state index is -1.03. The number of nitrogens with one attached hydrogen (secondary N) is 1. The number of hydrogen-bond acceptors (Lipinski definition) is 8. The van der Waals surface area contributed by atoms with Crippen molar-refractivity contribution in [2.24, 2.45) is 7.05 Å². The Labute approximate surface area is 169 Å². The first kappa shape index (κ1) is 19.3. The fourth-order valence-corrected chi connectivity index (χ4v) is 4.11. The van der Waals surface area contributed by atoms with Gasteiger partial charge in [-0.1, -0.05) is 6.58 Å². The number of nitrogens with zero attached hydrogens (tertiary/aromatic N) is 6. The second-order valence-corrected chi connectivity index (χ2v) is 8.00. The third-order valence-electron chi connectivity index (χ3n) is 5.51. The summed E-state index contributed by atoms with van der Waals surface area (Å²) < 4.78 is 1.67. The summed E-state index contributed by atoms with van der Waals surface area (Å²) in [7, 11) is 1.80. The van der Waals surface area contributed by atoms with E-state index in [1.807, 2.05) is 11.1 Å². The standard InChI is InChI=1S/C19H26N8O2/c1-5-14(28)26-7-6-11(9-26)27-18-15(17(20)21-10-22-18)16(24-27)12-8-13(19(2,3)29)25(4)23-12/h5,8,10-11,16,24,29H,1,6-7,9H2,2-4H3,(H2,20,21,22). The maximum atomic E-state index is 12.0. The van der Waals surface area contributed by atoms with E-state index < -0.39 is 5.60 Å². The Morgan fingerprint density at radius 2 is 2.21 bits per heavy atom. The van der Waals surface area contributed by atoms with Crippen LogP contribution >= 0.6 is 0 Å². The lowest BCUT2D eigenvalue weighted by Gasteiger charge is -2.26. The van der Waals surface area contributed by atoms with Crippen LogP contribution in [0.3, 0.4) is 0 Å². The van der Waals surface area contributed by atoms with Crippen molar-refractivity contribution in [2.45, 2.75) is 38.0 Å². The van der Waals surface area contributed by atoms with Crippen LogP contribution in [0.2, 0.25) is 0 Å². The van der Waals surface area contributed by atoms with E-state index >= 15 is 0 Å². The van der Waals surface area contributed by atoms with Crippen molar-refractivity contribution in [3.8, 4) is 0 Å². The minimum Gasteiger partial charge on any atom is -0.384 e. The van der Waals surface area contributed by atoms with Crippen molar-refractivity contribution in [1.82, 2.24) is 30.1 Å². The van der Waals surface area contributed by atoms with Gasteiger partial charge in [0.1, 0.15) is 23.8 Å². The number of carbonyl (C=O) groups excluding carboxylic acids is 1. The van der Waals surface area contributed by atoms with E-state index in [1.165, 1.54) is 12.4 Å². The summed E-state index contributed by atoms with van der Waals surface area (Å²) in [6.45, 7) is 8.22. The summed E-state index contributed by atoms with van der Waals surface area (Å²) in [5.41, 5.74) is 10.8. The first-order valence-corrected chi connectivity index (χ1v) is 9.54. The zero-order chi connectivity index (χ0) is 20.9. The molecule has 1 amide bonds. The Bertz CT molecular complexity index is 964. The molecule has 0 spiro atoms. The molecule has 0 radical (unpaired) electrons. The molecule has 2 aromatic heterocycles. The first-order chi connectivity index (χ1) is 13.7. The molecule has 0 bridgehead atoms. The average molecular weight is 398 g/mol. The number of hydrazine groups is 1. The van der Waals surface area contributed by atoms with E-state index in [0.29, 0.717) is 36.1 Å². The maximum Gasteiger partial charge on any atom is 0.246 e. The molecule has 10 nitrogen and oxygen atoms in total. The van der Waals surface area contributed by atoms with Gasteiger partial charge >= 0.3 is 0 Å². The molecule has 2 atom stereocenters. The van der Waals surface area contributed by atoms with Gasteiger partial charge in [0.25, 0.3) is 0 Å². The number of rotatable bonds is 4. The number of hydrogen-bond donors (Lipinski definition) is 3. The second-order valence-electron chi connectivity index (χ2n) is 8.00. The summed E-state index contributed by atoms with van der Waals surface area (Å²) in [6.07, 6.45) is 3.57. The van der Waals surface area contributed by atoms with Gasteiger partial charge in [0.15, 0.2) is 5.82 Å². The molecule has 154 valence electrons. The summed E-state index contributed by atoms with van der Waals surface area (Å²) in [4.78, 5) is 22.4. The van der Waals surface area contributed by atoms with Crippen molar-refractivity contribution in [1.29, 1.82) is 0 Å². The van der Waals surface area contributed by atoms with Gasteiger partial charge in [-0.25, -0.2) is 15.4 Å². The van der Waals surface area contributed by atoms with Crippen LogP contribution in [0.5, 0.6) is 0 Å². The predicted octanol–water partition coefficient (Wildman–Crippen LogP) is 0.221. The third-order valence-corrected chi connectivity index (χ3v) is 5.51. The van der Waals surface area contributed by atoms with Crippen LogP contribution < -0.4 is 16.2 Å². The highest BCUT2D eigenvalue weighted by Crippen LogP contribution is 2.40. The van der Waals surface area contributed by atoms with E-state index in [1.54, 1.807) is 30.5 Å². The molecule has 2 aromatic rings. The molecule has 2 aliphatic heterocycles. The number of aromatic nitrogens is 4. The van der Waals surface area contributed by atoms with Gasteiger partial charge in [-0.2, -0.15) is 5.10 Å². The van der Waals surface area contributed by atoms with Crippen LogP contribution in [-0.2, 0) is 17.4 Å². The summed E-state index contributed by atoms with van der Waals surface area (Å²) in [5.74, 6) is 0.989. The van der Waals surface area contributed by atoms with Crippen molar-refractivity contribution in [2.75, 3.05) is 23.8 Å². The lowest BCUT2D eigenvalue weighted by molar-refractivity contribution is -0.125. The van der Waals surface area contributed by atoms with E-state index in [4.69, 9.17) is 5.73 Å². The SMILES string of the molecule is C=CC(=O)N1CCC(N2NC(c3cc(C(C)(C)O)n(C)n3)c3c(N)ncnc32)C1. The Hall–Kier alpha value is -2.98. The second kappa shape index (κ2) is 6.82. The molecular weight excluding hydrogens is 372 g/mol. The van der Waals surface area contributed by atoms with E-state index in [2.05, 4.69) is 27.1 Å². The molecule has 0 saturated carbocycles. The Kier molecular flexibility index (Phi) is 4.55. The number of aliphatic hydroxyl groups is 1. The van der Waals surface area contributed by atoms with Crippen molar-refractivity contribution >= 4 is 17.5 Å². The van der Waals surface area contributed by atoms with Crippen LogP contribution in [-0.4, -0.2) is 54.8 Å². The molecule has 4 heterocycles. The van der Waals surface area contributed by atoms with E-state index in [0.717, 1.165) is 12.0 Å². The number of nitrogens with two attached hydrogens (primary N) is 1. The highest BCUT2D eigenvalue weighted by Gasteiger charge is 2.41. The molecular formula is C19H26N8O2. The lowest BCUT2D eigenvalue weighted by atomic mass is 10.0. The maximum absolute atomic E-state index is 12.0. The zero-order valence-electron chi connectivity index (χ0n) is 16.8. The van der Waals surface area contributed by atoms with Gasteiger partial charge in [0.2, 0.25) is 5.91 Å². The van der Waals surface area contributed by atoms with Crippen LogP contribution in [0.4, 0.5) is 11.6 Å². The number of nitrogen functional groups attached to an aromatic ring is 1. The number of aryl methyl sites for hydroxylation is 1. The van der Waals surface area contributed by atoms with Crippen molar-refractivity contribution in [3.05, 3.63) is 42.0 Å². The Morgan fingerprint density at radius 3 is 2.86 bits per heavy atom. The quantitative estimate of drug-likeness (QED) is 0.625. The molecule has 2 unspecified atom stereocenters. The monoisotopic (exact) mass is 398 g/mol. The Morgan fingerprint density at radius 1 is 1.45 bits per heavy atom. The van der Waals surface area contributed by atoms with E-state index in [9.17, 15) is 9.90 Å².